The number of rotatable bonds is 7. The summed E-state index contributed by atoms with van der Waals surface area (Å²) in [7, 11) is -1.46. The fourth-order valence-corrected chi connectivity index (χ4v) is 4.83. The Morgan fingerprint density at radius 1 is 1.16 bits per heavy atom. The van der Waals surface area contributed by atoms with Gasteiger partial charge in [-0.15, -0.1) is 0 Å². The van der Waals surface area contributed by atoms with E-state index in [2.05, 4.69) is 20.3 Å². The van der Waals surface area contributed by atoms with Gasteiger partial charge in [-0.05, 0) is 49.7 Å². The van der Waals surface area contributed by atoms with E-state index < -0.39 is 10.0 Å². The zero-order chi connectivity index (χ0) is 17.9. The summed E-state index contributed by atoms with van der Waals surface area (Å²) in [6.07, 6.45) is 4.32. The predicted octanol–water partition coefficient (Wildman–Crippen LogP) is 2.94. The van der Waals surface area contributed by atoms with Crippen molar-refractivity contribution in [1.82, 2.24) is 14.2 Å². The second kappa shape index (κ2) is 7.91. The summed E-state index contributed by atoms with van der Waals surface area (Å²) in [4.78, 5) is 2.35. The highest BCUT2D eigenvalue weighted by atomic mass is 35.5. The maximum absolute atomic E-state index is 12.5. The lowest BCUT2D eigenvalue weighted by Crippen LogP contribution is -2.38. The summed E-state index contributed by atoms with van der Waals surface area (Å²) in [6, 6.07) is 11.2. The van der Waals surface area contributed by atoms with E-state index in [0.717, 1.165) is 31.6 Å². The van der Waals surface area contributed by atoms with Gasteiger partial charge >= 0.3 is 0 Å². The second-order valence-corrected chi connectivity index (χ2v) is 8.72. The first-order valence-electron chi connectivity index (χ1n) is 8.52. The average Bonchev–Trinajstić information content (AvgIpc) is 3.23. The molecule has 25 heavy (non-hydrogen) atoms. The van der Waals surface area contributed by atoms with Gasteiger partial charge in [-0.2, -0.15) is 0 Å². The normalized spacial score (nSPS) is 17.0. The lowest BCUT2D eigenvalue weighted by molar-refractivity contribution is 0.238. The lowest BCUT2D eigenvalue weighted by Gasteiger charge is -2.28. The fraction of sp³-hybridized carbons (Fsp3) is 0.444. The van der Waals surface area contributed by atoms with Gasteiger partial charge in [0.05, 0.1) is 11.8 Å². The lowest BCUT2D eigenvalue weighted by atomic mass is 10.2. The molecule has 5 nitrogen and oxygen atoms in total. The van der Waals surface area contributed by atoms with Gasteiger partial charge in [0.1, 0.15) is 0 Å². The van der Waals surface area contributed by atoms with Crippen molar-refractivity contribution in [3.63, 3.8) is 0 Å². The average molecular weight is 382 g/mol. The predicted molar refractivity (Wildman–Crippen MR) is 101 cm³/mol. The van der Waals surface area contributed by atoms with Crippen LogP contribution in [0, 0.1) is 0 Å². The molecular formula is C18H24ClN3O2S. The van der Waals surface area contributed by atoms with E-state index in [1.807, 2.05) is 19.3 Å². The number of likely N-dealkylation sites (tertiary alicyclic amines) is 1. The molecule has 1 atom stereocenters. The summed E-state index contributed by atoms with van der Waals surface area (Å²) >= 11 is 6.09. The maximum atomic E-state index is 12.5. The van der Waals surface area contributed by atoms with Crippen molar-refractivity contribution in [3.05, 3.63) is 58.9 Å². The van der Waals surface area contributed by atoms with Crippen LogP contribution in [0.25, 0.3) is 0 Å². The van der Waals surface area contributed by atoms with Crippen molar-refractivity contribution in [2.75, 3.05) is 19.6 Å². The van der Waals surface area contributed by atoms with Gasteiger partial charge in [0.15, 0.2) is 0 Å². The number of hydrogen-bond acceptors (Lipinski definition) is 3. The minimum Gasteiger partial charge on any atom is -0.353 e. The maximum Gasteiger partial charge on any atom is 0.215 e. The van der Waals surface area contributed by atoms with Crippen LogP contribution in [0.1, 0.15) is 30.1 Å². The topological polar surface area (TPSA) is 54.3 Å². The molecule has 0 amide bonds. The van der Waals surface area contributed by atoms with Crippen LogP contribution < -0.4 is 4.72 Å². The SMILES string of the molecule is Cn1cccc1C(CNS(=O)(=O)Cc1ccccc1Cl)N1CCCC1. The molecule has 1 fully saturated rings. The molecular weight excluding hydrogens is 358 g/mol. The smallest absolute Gasteiger partial charge is 0.215 e. The zero-order valence-electron chi connectivity index (χ0n) is 14.4. The van der Waals surface area contributed by atoms with Crippen LogP contribution >= 0.6 is 11.6 Å². The molecule has 1 saturated heterocycles. The number of nitrogens with zero attached hydrogens (tertiary/aromatic N) is 2. The highest BCUT2D eigenvalue weighted by Gasteiger charge is 2.26. The van der Waals surface area contributed by atoms with Crippen LogP contribution in [0.3, 0.4) is 0 Å². The fourth-order valence-electron chi connectivity index (χ4n) is 3.37. The molecule has 0 spiro atoms. The summed E-state index contributed by atoms with van der Waals surface area (Å²) in [5.74, 6) is -0.105. The second-order valence-electron chi connectivity index (χ2n) is 6.50. The van der Waals surface area contributed by atoms with Crippen LogP contribution in [-0.2, 0) is 22.8 Å². The molecule has 1 aliphatic heterocycles. The van der Waals surface area contributed by atoms with Crippen molar-refractivity contribution in [1.29, 1.82) is 0 Å². The van der Waals surface area contributed by atoms with Crippen molar-refractivity contribution in [2.45, 2.75) is 24.6 Å². The van der Waals surface area contributed by atoms with Crippen LogP contribution in [0.4, 0.5) is 0 Å². The molecule has 1 aromatic heterocycles. The molecule has 1 aromatic carbocycles. The molecule has 2 heterocycles. The van der Waals surface area contributed by atoms with Crippen molar-refractivity contribution in [3.8, 4) is 0 Å². The van der Waals surface area contributed by atoms with Crippen LogP contribution in [0.5, 0.6) is 0 Å². The van der Waals surface area contributed by atoms with E-state index in [9.17, 15) is 8.42 Å². The van der Waals surface area contributed by atoms with Gasteiger partial charge in [0.2, 0.25) is 10.0 Å². The Balaban J connectivity index is 1.72. The molecule has 136 valence electrons. The van der Waals surface area contributed by atoms with E-state index in [0.29, 0.717) is 17.1 Å². The molecule has 0 saturated carbocycles. The molecule has 3 rings (SSSR count). The van der Waals surface area contributed by atoms with Crippen molar-refractivity contribution in [2.24, 2.45) is 7.05 Å². The van der Waals surface area contributed by atoms with E-state index in [1.165, 1.54) is 0 Å². The first-order chi connectivity index (χ1) is 12.0. The third kappa shape index (κ3) is 4.64. The van der Waals surface area contributed by atoms with Gasteiger partial charge in [-0.25, -0.2) is 13.1 Å². The molecule has 0 radical (unpaired) electrons. The number of benzene rings is 1. The Kier molecular flexibility index (Phi) is 5.84. The monoisotopic (exact) mass is 381 g/mol. The van der Waals surface area contributed by atoms with Gasteiger partial charge in [0.25, 0.3) is 0 Å². The Labute approximate surface area is 154 Å². The molecule has 0 aliphatic carbocycles. The third-order valence-corrected chi connectivity index (χ3v) is 6.37. The first kappa shape index (κ1) is 18.5. The Bertz CT molecular complexity index is 813. The van der Waals surface area contributed by atoms with Gasteiger partial charge < -0.3 is 4.57 Å². The number of halogens is 1. The number of aryl methyl sites for hydroxylation is 1. The summed E-state index contributed by atoms with van der Waals surface area (Å²) in [5.41, 5.74) is 1.75. The minimum absolute atomic E-state index is 0.0449. The van der Waals surface area contributed by atoms with Crippen molar-refractivity contribution >= 4 is 21.6 Å². The largest absolute Gasteiger partial charge is 0.353 e. The zero-order valence-corrected chi connectivity index (χ0v) is 15.9. The Morgan fingerprint density at radius 3 is 2.52 bits per heavy atom. The molecule has 1 N–H and O–H groups in total. The number of sulfonamides is 1. The standard InChI is InChI=1S/C18H24ClN3O2S/c1-21-10-6-9-17(21)18(22-11-4-5-12-22)13-20-25(23,24)14-15-7-2-3-8-16(15)19/h2-3,6-10,18,20H,4-5,11-14H2,1H3. The van der Waals surface area contributed by atoms with Crippen molar-refractivity contribution < 1.29 is 8.42 Å². The highest BCUT2D eigenvalue weighted by Crippen LogP contribution is 2.25. The first-order valence-corrected chi connectivity index (χ1v) is 10.6. The quantitative estimate of drug-likeness (QED) is 0.802. The molecule has 1 unspecified atom stereocenters. The number of hydrogen-bond donors (Lipinski definition) is 1. The van der Waals surface area contributed by atoms with E-state index >= 15 is 0 Å². The van der Waals surface area contributed by atoms with E-state index in [1.54, 1.807) is 24.3 Å². The molecule has 0 bridgehead atoms. The van der Waals surface area contributed by atoms with Gasteiger partial charge in [-0.3, -0.25) is 4.90 Å². The Morgan fingerprint density at radius 2 is 1.88 bits per heavy atom. The summed E-state index contributed by atoms with van der Waals surface area (Å²) in [5, 5.41) is 0.478. The number of nitrogens with one attached hydrogen (secondary N) is 1. The van der Waals surface area contributed by atoms with Gasteiger partial charge in [-0.1, -0.05) is 29.8 Å². The third-order valence-electron chi connectivity index (χ3n) is 4.71. The van der Waals surface area contributed by atoms with Gasteiger partial charge in [0, 0.05) is 30.5 Å². The summed E-state index contributed by atoms with van der Waals surface area (Å²) in [6.45, 7) is 2.37. The van der Waals surface area contributed by atoms with E-state index in [-0.39, 0.29) is 11.8 Å². The van der Waals surface area contributed by atoms with Crippen LogP contribution in [-0.4, -0.2) is 37.5 Å². The Hall–Kier alpha value is -1.34. The summed E-state index contributed by atoms with van der Waals surface area (Å²) < 4.78 is 29.9. The molecule has 7 heteroatoms. The van der Waals surface area contributed by atoms with Crippen LogP contribution in [0.15, 0.2) is 42.6 Å². The van der Waals surface area contributed by atoms with Crippen LogP contribution in [0.2, 0.25) is 5.02 Å². The number of aromatic nitrogens is 1. The minimum atomic E-state index is -3.46. The molecule has 2 aromatic rings. The highest BCUT2D eigenvalue weighted by molar-refractivity contribution is 7.88. The van der Waals surface area contributed by atoms with E-state index in [4.69, 9.17) is 11.6 Å². The molecule has 1 aliphatic rings.